The fraction of sp³-hybridized carbons (Fsp3) is 0.167. The summed E-state index contributed by atoms with van der Waals surface area (Å²) in [4.78, 5) is 4.49. The van der Waals surface area contributed by atoms with Gasteiger partial charge >= 0.3 is 6.18 Å². The Kier molecular flexibility index (Phi) is 5.39. The fourth-order valence-corrected chi connectivity index (χ4v) is 3.64. The van der Waals surface area contributed by atoms with E-state index in [1.165, 1.54) is 6.07 Å². The molecule has 0 saturated carbocycles. The predicted octanol–water partition coefficient (Wildman–Crippen LogP) is 5.38. The van der Waals surface area contributed by atoms with Gasteiger partial charge in [-0.2, -0.15) is 13.2 Å². The number of hydrogen-bond donors (Lipinski definition) is 1. The molecule has 1 heterocycles. The smallest absolute Gasteiger partial charge is 0.337 e. The van der Waals surface area contributed by atoms with Crippen molar-refractivity contribution in [1.82, 2.24) is 9.97 Å². The number of hydrogen-bond acceptors (Lipinski definition) is 3. The number of aromatic nitrogens is 2. The molecule has 0 aliphatic heterocycles. The maximum absolute atomic E-state index is 14.3. The van der Waals surface area contributed by atoms with Gasteiger partial charge < -0.3 is 4.98 Å². The molecular formula is C18H11F7N2O2S. The Bertz CT molecular complexity index is 1190. The van der Waals surface area contributed by atoms with E-state index >= 15 is 0 Å². The van der Waals surface area contributed by atoms with E-state index in [0.717, 1.165) is 12.1 Å². The molecule has 0 bridgehead atoms. The zero-order chi connectivity index (χ0) is 22.4. The maximum Gasteiger partial charge on any atom is 0.416 e. The highest BCUT2D eigenvalue weighted by Gasteiger charge is 2.31. The van der Waals surface area contributed by atoms with Gasteiger partial charge in [-0.1, -0.05) is 12.1 Å². The molecule has 0 aliphatic carbocycles. The van der Waals surface area contributed by atoms with Crippen molar-refractivity contribution in [2.45, 2.75) is 17.5 Å². The van der Waals surface area contributed by atoms with E-state index in [2.05, 4.69) is 9.97 Å². The number of sulfone groups is 1. The highest BCUT2D eigenvalue weighted by molar-refractivity contribution is 7.90. The van der Waals surface area contributed by atoms with Crippen molar-refractivity contribution in [2.75, 3.05) is 6.26 Å². The van der Waals surface area contributed by atoms with Gasteiger partial charge in [-0.25, -0.2) is 31.0 Å². The average Bonchev–Trinajstić information content (AvgIpc) is 3.05. The Morgan fingerprint density at radius 3 is 2.10 bits per heavy atom. The van der Waals surface area contributed by atoms with Gasteiger partial charge in [0.25, 0.3) is 6.43 Å². The fourth-order valence-electron chi connectivity index (χ4n) is 2.81. The minimum atomic E-state index is -4.73. The van der Waals surface area contributed by atoms with Crippen LogP contribution in [-0.4, -0.2) is 24.6 Å². The molecule has 0 amide bonds. The van der Waals surface area contributed by atoms with Crippen LogP contribution in [0.5, 0.6) is 0 Å². The van der Waals surface area contributed by atoms with Crippen LogP contribution in [0.4, 0.5) is 30.7 Å². The van der Waals surface area contributed by atoms with Crippen molar-refractivity contribution in [3.8, 4) is 22.5 Å². The SMILES string of the molecule is CS(=O)(=O)c1c(F)cc(-c2nc(C(F)F)[nH]c2-c2cccc(C(F)(F)F)c2)cc1F. The minimum absolute atomic E-state index is 0.216. The van der Waals surface area contributed by atoms with Gasteiger partial charge in [-0.05, 0) is 24.3 Å². The number of nitrogens with zero attached hydrogens (tertiary/aromatic N) is 1. The lowest BCUT2D eigenvalue weighted by Crippen LogP contribution is -2.05. The quantitative estimate of drug-likeness (QED) is 0.541. The molecule has 0 unspecified atom stereocenters. The summed E-state index contributed by atoms with van der Waals surface area (Å²) in [5.74, 6) is -3.93. The van der Waals surface area contributed by atoms with E-state index in [1.54, 1.807) is 0 Å². The van der Waals surface area contributed by atoms with Gasteiger partial charge in [0.15, 0.2) is 15.7 Å². The molecule has 12 heteroatoms. The molecule has 160 valence electrons. The van der Waals surface area contributed by atoms with Gasteiger partial charge in [0.05, 0.1) is 17.0 Å². The molecule has 0 aliphatic rings. The lowest BCUT2D eigenvalue weighted by molar-refractivity contribution is -0.137. The molecule has 3 aromatic rings. The summed E-state index contributed by atoms with van der Waals surface area (Å²) in [5.41, 5.74) is -2.55. The van der Waals surface area contributed by atoms with Gasteiger partial charge in [0, 0.05) is 17.4 Å². The standard InChI is InChI=1S/C18H11F7N2O2S/c1-30(28,29)15-11(19)6-9(7-12(15)20)14-13(26-17(27-14)16(21)22)8-3-2-4-10(5-8)18(23,24)25/h2-7,16H,1H3,(H,26,27). The lowest BCUT2D eigenvalue weighted by Gasteiger charge is -2.10. The highest BCUT2D eigenvalue weighted by Crippen LogP contribution is 2.37. The molecule has 1 N–H and O–H groups in total. The molecule has 0 atom stereocenters. The monoisotopic (exact) mass is 452 g/mol. The summed E-state index contributed by atoms with van der Waals surface area (Å²) in [7, 11) is -4.28. The van der Waals surface area contributed by atoms with Gasteiger partial charge in [-0.3, -0.25) is 0 Å². The second-order valence-electron chi connectivity index (χ2n) is 6.27. The first kappa shape index (κ1) is 21.8. The van der Waals surface area contributed by atoms with Crippen molar-refractivity contribution in [1.29, 1.82) is 0 Å². The number of aromatic amines is 1. The first-order valence-corrected chi connectivity index (χ1v) is 9.93. The van der Waals surface area contributed by atoms with E-state index in [1.807, 2.05) is 0 Å². The predicted molar refractivity (Wildman–Crippen MR) is 92.4 cm³/mol. The Morgan fingerprint density at radius 1 is 1.00 bits per heavy atom. The number of rotatable bonds is 4. The van der Waals surface area contributed by atoms with Crippen LogP contribution in [0.15, 0.2) is 41.3 Å². The molecule has 0 fully saturated rings. The van der Waals surface area contributed by atoms with E-state index in [9.17, 15) is 39.2 Å². The van der Waals surface area contributed by atoms with Crippen LogP contribution in [0.25, 0.3) is 22.5 Å². The van der Waals surface area contributed by atoms with E-state index in [-0.39, 0.29) is 11.3 Å². The molecular weight excluding hydrogens is 441 g/mol. The minimum Gasteiger partial charge on any atom is -0.337 e. The van der Waals surface area contributed by atoms with Crippen LogP contribution in [-0.2, 0) is 16.0 Å². The topological polar surface area (TPSA) is 62.8 Å². The van der Waals surface area contributed by atoms with Gasteiger partial charge in [-0.15, -0.1) is 0 Å². The Morgan fingerprint density at radius 2 is 1.60 bits per heavy atom. The zero-order valence-corrected chi connectivity index (χ0v) is 15.7. The van der Waals surface area contributed by atoms with E-state index in [4.69, 9.17) is 0 Å². The lowest BCUT2D eigenvalue weighted by atomic mass is 10.0. The third-order valence-corrected chi connectivity index (χ3v) is 5.18. The van der Waals surface area contributed by atoms with E-state index in [0.29, 0.717) is 24.5 Å². The molecule has 0 saturated heterocycles. The van der Waals surface area contributed by atoms with Crippen LogP contribution in [0.3, 0.4) is 0 Å². The van der Waals surface area contributed by atoms with Gasteiger partial charge in [0.1, 0.15) is 16.5 Å². The molecule has 4 nitrogen and oxygen atoms in total. The molecule has 0 radical (unpaired) electrons. The molecule has 1 aromatic heterocycles. The van der Waals surface area contributed by atoms with Crippen molar-refractivity contribution in [3.63, 3.8) is 0 Å². The van der Waals surface area contributed by atoms with Crippen molar-refractivity contribution in [3.05, 3.63) is 59.4 Å². The third-order valence-electron chi connectivity index (χ3n) is 4.05. The largest absolute Gasteiger partial charge is 0.416 e. The van der Waals surface area contributed by atoms with Crippen LogP contribution in [0.1, 0.15) is 17.8 Å². The summed E-state index contributed by atoms with van der Waals surface area (Å²) < 4.78 is 117. The number of imidazole rings is 1. The first-order chi connectivity index (χ1) is 13.8. The maximum atomic E-state index is 14.3. The zero-order valence-electron chi connectivity index (χ0n) is 14.9. The summed E-state index contributed by atoms with van der Waals surface area (Å²) in [6, 6.07) is 4.72. The summed E-state index contributed by atoms with van der Waals surface area (Å²) >= 11 is 0. The van der Waals surface area contributed by atoms with Crippen LogP contribution in [0.2, 0.25) is 0 Å². The third kappa shape index (κ3) is 4.18. The molecule has 2 aromatic carbocycles. The normalized spacial score (nSPS) is 12.6. The average molecular weight is 452 g/mol. The number of alkyl halides is 5. The Labute approximate surface area is 165 Å². The van der Waals surface area contributed by atoms with Crippen molar-refractivity contribution in [2.24, 2.45) is 0 Å². The Hall–Kier alpha value is -2.89. The van der Waals surface area contributed by atoms with E-state index < -0.39 is 61.6 Å². The highest BCUT2D eigenvalue weighted by atomic mass is 32.2. The Balaban J connectivity index is 2.25. The second kappa shape index (κ2) is 7.42. The summed E-state index contributed by atoms with van der Waals surface area (Å²) in [6.07, 6.45) is -7.31. The summed E-state index contributed by atoms with van der Waals surface area (Å²) in [5, 5.41) is 0. The summed E-state index contributed by atoms with van der Waals surface area (Å²) in [6.45, 7) is 0. The molecule has 3 rings (SSSR count). The number of nitrogens with one attached hydrogen (secondary N) is 1. The van der Waals surface area contributed by atoms with Crippen LogP contribution < -0.4 is 0 Å². The number of halogens is 7. The number of H-pyrrole nitrogens is 1. The van der Waals surface area contributed by atoms with Crippen molar-refractivity contribution < 1.29 is 39.2 Å². The molecule has 0 spiro atoms. The second-order valence-corrected chi connectivity index (χ2v) is 8.22. The number of benzene rings is 2. The van der Waals surface area contributed by atoms with Crippen LogP contribution >= 0.6 is 0 Å². The van der Waals surface area contributed by atoms with Crippen LogP contribution in [0, 0.1) is 11.6 Å². The van der Waals surface area contributed by atoms with Gasteiger partial charge in [0.2, 0.25) is 0 Å². The molecule has 30 heavy (non-hydrogen) atoms. The van der Waals surface area contributed by atoms with Crippen molar-refractivity contribution >= 4 is 9.84 Å². The first-order valence-electron chi connectivity index (χ1n) is 8.04.